The molecule has 0 saturated heterocycles. The van der Waals surface area contributed by atoms with Gasteiger partial charge in [0.05, 0.1) is 0 Å². The van der Waals surface area contributed by atoms with Crippen LogP contribution in [-0.4, -0.2) is 12.1 Å². The van der Waals surface area contributed by atoms with Crippen LogP contribution in [0.1, 0.15) is 20.8 Å². The highest BCUT2D eigenvalue weighted by Gasteiger charge is 2.04. The van der Waals surface area contributed by atoms with Gasteiger partial charge in [-0.15, -0.1) is 0 Å². The normalized spacial score (nSPS) is 12.6. The Morgan fingerprint density at radius 1 is 1.45 bits per heavy atom. The predicted octanol–water partition coefficient (Wildman–Crippen LogP) is 1.78. The summed E-state index contributed by atoms with van der Waals surface area (Å²) >= 11 is 0. The Morgan fingerprint density at radius 3 is 2.55 bits per heavy atom. The number of ether oxygens (including phenoxy) is 1. The van der Waals surface area contributed by atoms with Crippen LogP contribution in [0.4, 0.5) is 0 Å². The van der Waals surface area contributed by atoms with Crippen LogP contribution in [0, 0.1) is 25.7 Å². The fourth-order valence-corrected chi connectivity index (χ4v) is 0.633. The summed E-state index contributed by atoms with van der Waals surface area (Å²) in [7, 11) is 0. The van der Waals surface area contributed by atoms with Crippen molar-refractivity contribution in [3.63, 3.8) is 0 Å². The topological polar surface area (TPSA) is 26.3 Å². The van der Waals surface area contributed by atoms with E-state index in [-0.39, 0.29) is 12.1 Å². The molecule has 0 fully saturated rings. The first kappa shape index (κ1) is 10.5. The van der Waals surface area contributed by atoms with Crippen LogP contribution in [0.15, 0.2) is 0 Å². The first-order valence-electron chi connectivity index (χ1n) is 3.63. The highest BCUT2D eigenvalue weighted by molar-refractivity contribution is 5.66. The summed E-state index contributed by atoms with van der Waals surface area (Å²) in [6.45, 7) is 5.15. The van der Waals surface area contributed by atoms with E-state index < -0.39 is 0 Å². The van der Waals surface area contributed by atoms with Crippen molar-refractivity contribution in [2.75, 3.05) is 0 Å². The second-order valence-electron chi connectivity index (χ2n) is 2.23. The molecule has 0 aliphatic heterocycles. The van der Waals surface area contributed by atoms with Crippen molar-refractivity contribution in [3.8, 4) is 0 Å². The zero-order valence-electron chi connectivity index (χ0n) is 7.20. The standard InChI is InChI=1S/C9H14O2/c1-4-5-6-7-8(2)11-9(3)10/h4-8H,1-3H3/t8-/m1/s1. The lowest BCUT2D eigenvalue weighted by atomic mass is 10.1. The Hall–Kier alpha value is -0.530. The quantitative estimate of drug-likeness (QED) is 0.445. The number of hydrogen-bond acceptors (Lipinski definition) is 2. The van der Waals surface area contributed by atoms with E-state index in [1.165, 1.54) is 6.92 Å². The van der Waals surface area contributed by atoms with E-state index in [1.807, 2.05) is 39.5 Å². The van der Waals surface area contributed by atoms with Crippen LogP contribution in [0.25, 0.3) is 0 Å². The first-order valence-corrected chi connectivity index (χ1v) is 3.63. The van der Waals surface area contributed by atoms with E-state index >= 15 is 0 Å². The second-order valence-corrected chi connectivity index (χ2v) is 2.23. The maximum absolute atomic E-state index is 10.4. The highest BCUT2D eigenvalue weighted by atomic mass is 16.5. The zero-order chi connectivity index (χ0) is 8.69. The Kier molecular flexibility index (Phi) is 5.90. The number of rotatable bonds is 5. The summed E-state index contributed by atoms with van der Waals surface area (Å²) in [4.78, 5) is 10.4. The first-order chi connectivity index (χ1) is 5.16. The molecule has 0 amide bonds. The van der Waals surface area contributed by atoms with Gasteiger partial charge in [-0.2, -0.15) is 0 Å². The summed E-state index contributed by atoms with van der Waals surface area (Å²) in [5.74, 6) is -0.248. The number of esters is 1. The Balaban J connectivity index is 3.22. The van der Waals surface area contributed by atoms with Crippen molar-refractivity contribution in [1.29, 1.82) is 0 Å². The third-order valence-electron chi connectivity index (χ3n) is 1.04. The van der Waals surface area contributed by atoms with Crippen molar-refractivity contribution in [3.05, 3.63) is 25.7 Å². The predicted molar refractivity (Wildman–Crippen MR) is 44.1 cm³/mol. The van der Waals surface area contributed by atoms with E-state index in [0.29, 0.717) is 0 Å². The van der Waals surface area contributed by atoms with Crippen LogP contribution in [0.2, 0.25) is 0 Å². The SMILES string of the molecule is C[CH][CH][CH][CH][C@@H](C)OC(C)=O. The van der Waals surface area contributed by atoms with Crippen LogP contribution in [0.5, 0.6) is 0 Å². The van der Waals surface area contributed by atoms with Gasteiger partial charge in [0.15, 0.2) is 0 Å². The van der Waals surface area contributed by atoms with Gasteiger partial charge in [-0.1, -0.05) is 6.92 Å². The van der Waals surface area contributed by atoms with Crippen molar-refractivity contribution < 1.29 is 9.53 Å². The fraction of sp³-hybridized carbons (Fsp3) is 0.444. The lowest BCUT2D eigenvalue weighted by Gasteiger charge is -2.09. The molecule has 11 heavy (non-hydrogen) atoms. The third-order valence-corrected chi connectivity index (χ3v) is 1.04. The summed E-state index contributed by atoms with van der Waals surface area (Å²) in [5, 5.41) is 0. The van der Waals surface area contributed by atoms with E-state index in [2.05, 4.69) is 0 Å². The lowest BCUT2D eigenvalue weighted by molar-refractivity contribution is -0.143. The van der Waals surface area contributed by atoms with Crippen molar-refractivity contribution in [2.24, 2.45) is 0 Å². The second kappa shape index (κ2) is 6.20. The van der Waals surface area contributed by atoms with Gasteiger partial charge in [0.2, 0.25) is 0 Å². The third kappa shape index (κ3) is 7.37. The van der Waals surface area contributed by atoms with Crippen LogP contribution < -0.4 is 0 Å². The van der Waals surface area contributed by atoms with Gasteiger partial charge in [-0.25, -0.2) is 0 Å². The summed E-state index contributed by atoms with van der Waals surface area (Å²) < 4.78 is 4.84. The van der Waals surface area contributed by atoms with E-state index in [1.54, 1.807) is 0 Å². The highest BCUT2D eigenvalue weighted by Crippen LogP contribution is 2.02. The van der Waals surface area contributed by atoms with Crippen LogP contribution >= 0.6 is 0 Å². The Labute approximate surface area is 68.9 Å². The maximum Gasteiger partial charge on any atom is 0.302 e. The molecule has 0 heterocycles. The van der Waals surface area contributed by atoms with Crippen molar-refractivity contribution in [2.45, 2.75) is 26.9 Å². The van der Waals surface area contributed by atoms with Gasteiger partial charge in [0.25, 0.3) is 0 Å². The molecule has 2 heteroatoms. The molecular formula is C9H14O2. The summed E-state index contributed by atoms with van der Waals surface area (Å²) in [6, 6.07) is 0. The van der Waals surface area contributed by atoms with Gasteiger partial charge < -0.3 is 4.74 Å². The summed E-state index contributed by atoms with van der Waals surface area (Å²) in [5.41, 5.74) is 0. The lowest BCUT2D eigenvalue weighted by Crippen LogP contribution is -2.12. The largest absolute Gasteiger partial charge is 0.463 e. The van der Waals surface area contributed by atoms with Crippen LogP contribution in [0.3, 0.4) is 0 Å². The van der Waals surface area contributed by atoms with Gasteiger partial charge in [-0.05, 0) is 26.2 Å². The van der Waals surface area contributed by atoms with E-state index in [4.69, 9.17) is 4.74 Å². The fourth-order valence-electron chi connectivity index (χ4n) is 0.633. The van der Waals surface area contributed by atoms with Gasteiger partial charge >= 0.3 is 5.97 Å². The molecule has 2 nitrogen and oxygen atoms in total. The van der Waals surface area contributed by atoms with Crippen LogP contribution in [-0.2, 0) is 9.53 Å². The molecule has 0 N–H and O–H groups in total. The molecule has 0 unspecified atom stereocenters. The average Bonchev–Trinajstić information content (AvgIpc) is 1.86. The molecule has 0 bridgehead atoms. The number of carbonyl (C=O) groups excluding carboxylic acids is 1. The van der Waals surface area contributed by atoms with Crippen molar-refractivity contribution >= 4 is 5.97 Å². The molecule has 0 aliphatic carbocycles. The number of hydrogen-bond donors (Lipinski definition) is 0. The molecule has 0 aromatic carbocycles. The molecule has 0 spiro atoms. The van der Waals surface area contributed by atoms with Gasteiger partial charge in [0, 0.05) is 13.3 Å². The monoisotopic (exact) mass is 154 g/mol. The molecule has 0 aromatic heterocycles. The van der Waals surface area contributed by atoms with Gasteiger partial charge in [-0.3, -0.25) is 4.79 Å². The molecule has 0 aromatic rings. The summed E-state index contributed by atoms with van der Waals surface area (Å²) in [6.07, 6.45) is 7.34. The Morgan fingerprint density at radius 2 is 2.09 bits per heavy atom. The van der Waals surface area contributed by atoms with E-state index in [9.17, 15) is 4.79 Å². The smallest absolute Gasteiger partial charge is 0.302 e. The molecule has 0 saturated carbocycles. The minimum atomic E-state index is -0.248. The minimum absolute atomic E-state index is 0.135. The molecule has 0 rings (SSSR count). The molecule has 4 radical (unpaired) electrons. The van der Waals surface area contributed by atoms with Gasteiger partial charge in [0.1, 0.15) is 6.10 Å². The number of unbranched alkanes of at least 4 members (excludes halogenated alkanes) is 2. The molecule has 0 aliphatic rings. The zero-order valence-corrected chi connectivity index (χ0v) is 7.20. The Bertz CT molecular complexity index is 110. The van der Waals surface area contributed by atoms with Crippen molar-refractivity contribution in [1.82, 2.24) is 0 Å². The molecule has 1 atom stereocenters. The molecular weight excluding hydrogens is 140 g/mol. The van der Waals surface area contributed by atoms with E-state index in [0.717, 1.165) is 0 Å². The maximum atomic E-state index is 10.4. The number of carbonyl (C=O) groups is 1. The minimum Gasteiger partial charge on any atom is -0.463 e. The molecule has 62 valence electrons. The average molecular weight is 154 g/mol.